The molecule has 0 aliphatic heterocycles. The maximum Gasteiger partial charge on any atom is 0.251 e. The Hall–Kier alpha value is -2.38. The Bertz CT molecular complexity index is 830. The number of ether oxygens (including phenoxy) is 1. The van der Waals surface area contributed by atoms with Crippen LogP contribution in [0.1, 0.15) is 15.9 Å². The number of hydrogen-bond acceptors (Lipinski definition) is 4. The van der Waals surface area contributed by atoms with Crippen LogP contribution in [0.15, 0.2) is 53.4 Å². The van der Waals surface area contributed by atoms with E-state index < -0.39 is 10.0 Å². The molecule has 134 valence electrons. The lowest BCUT2D eigenvalue weighted by atomic mass is 10.2. The minimum absolute atomic E-state index is 0.0843. The molecule has 0 radical (unpaired) electrons. The van der Waals surface area contributed by atoms with Crippen molar-refractivity contribution >= 4 is 15.9 Å². The highest BCUT2D eigenvalue weighted by Gasteiger charge is 2.18. The Balaban J connectivity index is 1.92. The van der Waals surface area contributed by atoms with Gasteiger partial charge in [-0.3, -0.25) is 4.79 Å². The minimum Gasteiger partial charge on any atom is -0.492 e. The van der Waals surface area contributed by atoms with Crippen molar-refractivity contribution in [1.29, 1.82) is 0 Å². The molecule has 0 unspecified atom stereocenters. The van der Waals surface area contributed by atoms with Gasteiger partial charge in [0.2, 0.25) is 10.0 Å². The van der Waals surface area contributed by atoms with Gasteiger partial charge in [0, 0.05) is 19.7 Å². The van der Waals surface area contributed by atoms with E-state index >= 15 is 0 Å². The van der Waals surface area contributed by atoms with Gasteiger partial charge >= 0.3 is 0 Å². The maximum atomic E-state index is 12.2. The number of carbonyl (C=O) groups is 1. The second-order valence-electron chi connectivity index (χ2n) is 5.73. The van der Waals surface area contributed by atoms with Crippen molar-refractivity contribution in [1.82, 2.24) is 9.62 Å². The Morgan fingerprint density at radius 3 is 2.44 bits per heavy atom. The summed E-state index contributed by atoms with van der Waals surface area (Å²) in [5.41, 5.74) is 1.44. The SMILES string of the molecule is Cc1ccc(OCCNC(=O)c2cccc(S(=O)(=O)N(C)C)c2)cc1. The van der Waals surface area contributed by atoms with Crippen LogP contribution >= 0.6 is 0 Å². The van der Waals surface area contributed by atoms with E-state index in [0.717, 1.165) is 15.6 Å². The number of nitrogens with zero attached hydrogens (tertiary/aromatic N) is 1. The molecule has 0 spiro atoms. The van der Waals surface area contributed by atoms with Crippen molar-refractivity contribution in [3.8, 4) is 5.75 Å². The third kappa shape index (κ3) is 5.04. The molecule has 1 N–H and O–H groups in total. The average molecular weight is 362 g/mol. The first-order valence-electron chi connectivity index (χ1n) is 7.81. The van der Waals surface area contributed by atoms with E-state index in [4.69, 9.17) is 4.74 Å². The predicted molar refractivity (Wildman–Crippen MR) is 96.3 cm³/mol. The molecule has 0 aromatic heterocycles. The van der Waals surface area contributed by atoms with Gasteiger partial charge in [0.25, 0.3) is 5.91 Å². The van der Waals surface area contributed by atoms with Gasteiger partial charge in [-0.15, -0.1) is 0 Å². The molecule has 25 heavy (non-hydrogen) atoms. The fraction of sp³-hybridized carbons (Fsp3) is 0.278. The van der Waals surface area contributed by atoms with Crippen LogP contribution in [0.5, 0.6) is 5.75 Å². The van der Waals surface area contributed by atoms with Crippen molar-refractivity contribution in [3.05, 3.63) is 59.7 Å². The second-order valence-corrected chi connectivity index (χ2v) is 7.88. The van der Waals surface area contributed by atoms with Crippen molar-refractivity contribution in [2.45, 2.75) is 11.8 Å². The molecule has 1 amide bonds. The van der Waals surface area contributed by atoms with Crippen molar-refractivity contribution < 1.29 is 17.9 Å². The van der Waals surface area contributed by atoms with Crippen LogP contribution in [0.3, 0.4) is 0 Å². The summed E-state index contributed by atoms with van der Waals surface area (Å²) >= 11 is 0. The van der Waals surface area contributed by atoms with Gasteiger partial charge in [-0.25, -0.2) is 12.7 Å². The number of hydrogen-bond donors (Lipinski definition) is 1. The highest BCUT2D eigenvalue weighted by Crippen LogP contribution is 2.15. The van der Waals surface area contributed by atoms with Gasteiger partial charge < -0.3 is 10.1 Å². The zero-order chi connectivity index (χ0) is 18.4. The highest BCUT2D eigenvalue weighted by atomic mass is 32.2. The number of sulfonamides is 1. The highest BCUT2D eigenvalue weighted by molar-refractivity contribution is 7.89. The zero-order valence-corrected chi connectivity index (χ0v) is 15.3. The van der Waals surface area contributed by atoms with Gasteiger partial charge in [-0.2, -0.15) is 0 Å². The summed E-state index contributed by atoms with van der Waals surface area (Å²) in [5.74, 6) is 0.391. The third-order valence-corrected chi connectivity index (χ3v) is 5.36. The molecule has 0 aliphatic rings. The normalized spacial score (nSPS) is 11.4. The number of rotatable bonds is 7. The number of aryl methyl sites for hydroxylation is 1. The third-order valence-electron chi connectivity index (χ3n) is 3.55. The molecule has 0 saturated carbocycles. The molecule has 0 saturated heterocycles. The van der Waals surface area contributed by atoms with Crippen molar-refractivity contribution in [3.63, 3.8) is 0 Å². The first-order valence-corrected chi connectivity index (χ1v) is 9.25. The van der Waals surface area contributed by atoms with Crippen LogP contribution in [-0.2, 0) is 10.0 Å². The van der Waals surface area contributed by atoms with Crippen LogP contribution in [0.2, 0.25) is 0 Å². The van der Waals surface area contributed by atoms with Gasteiger partial charge in [-0.05, 0) is 37.3 Å². The summed E-state index contributed by atoms with van der Waals surface area (Å²) in [6.45, 7) is 2.64. The lowest BCUT2D eigenvalue weighted by Gasteiger charge is -2.12. The Morgan fingerprint density at radius 1 is 1.12 bits per heavy atom. The Labute approximate surface area is 148 Å². The monoisotopic (exact) mass is 362 g/mol. The van der Waals surface area contributed by atoms with E-state index in [1.54, 1.807) is 12.1 Å². The first kappa shape index (κ1) is 19.0. The smallest absolute Gasteiger partial charge is 0.251 e. The molecule has 0 bridgehead atoms. The average Bonchev–Trinajstić information content (AvgIpc) is 2.60. The first-order chi connectivity index (χ1) is 11.8. The van der Waals surface area contributed by atoms with Crippen LogP contribution in [0.4, 0.5) is 0 Å². The summed E-state index contributed by atoms with van der Waals surface area (Å²) in [7, 11) is -0.671. The number of nitrogens with one attached hydrogen (secondary N) is 1. The van der Waals surface area contributed by atoms with Crippen LogP contribution < -0.4 is 10.1 Å². The molecule has 0 aliphatic carbocycles. The van der Waals surface area contributed by atoms with E-state index in [2.05, 4.69) is 5.32 Å². The summed E-state index contributed by atoms with van der Waals surface area (Å²) < 4.78 is 30.9. The molecule has 6 nitrogen and oxygen atoms in total. The number of benzene rings is 2. The molecule has 2 aromatic rings. The summed E-state index contributed by atoms with van der Waals surface area (Å²) in [5, 5.41) is 2.72. The molecular weight excluding hydrogens is 340 g/mol. The Morgan fingerprint density at radius 2 is 1.80 bits per heavy atom. The molecule has 2 rings (SSSR count). The van der Waals surface area contributed by atoms with E-state index in [-0.39, 0.29) is 10.8 Å². The zero-order valence-electron chi connectivity index (χ0n) is 14.5. The molecule has 0 fully saturated rings. The van der Waals surface area contributed by atoms with Crippen LogP contribution in [0.25, 0.3) is 0 Å². The van der Waals surface area contributed by atoms with E-state index in [1.165, 1.54) is 26.2 Å². The predicted octanol–water partition coefficient (Wildman–Crippen LogP) is 2.05. The largest absolute Gasteiger partial charge is 0.492 e. The van der Waals surface area contributed by atoms with Crippen LogP contribution in [0, 0.1) is 6.92 Å². The van der Waals surface area contributed by atoms with E-state index in [9.17, 15) is 13.2 Å². The van der Waals surface area contributed by atoms with Gasteiger partial charge in [0.05, 0.1) is 11.4 Å². The molecule has 0 heterocycles. The lowest BCUT2D eigenvalue weighted by molar-refractivity contribution is 0.0947. The molecule has 0 atom stereocenters. The standard InChI is InChI=1S/C18H22N2O4S/c1-14-7-9-16(10-8-14)24-12-11-19-18(21)15-5-4-6-17(13-15)25(22,23)20(2)3/h4-10,13H,11-12H2,1-3H3,(H,19,21). The molecule has 2 aromatic carbocycles. The summed E-state index contributed by atoms with van der Waals surface area (Å²) in [4.78, 5) is 12.3. The van der Waals surface area contributed by atoms with E-state index in [1.807, 2.05) is 31.2 Å². The minimum atomic E-state index is -3.57. The lowest BCUT2D eigenvalue weighted by Crippen LogP contribution is -2.28. The molecular formula is C18H22N2O4S. The molecule has 7 heteroatoms. The van der Waals surface area contributed by atoms with Crippen molar-refractivity contribution in [2.75, 3.05) is 27.2 Å². The summed E-state index contributed by atoms with van der Waals surface area (Å²) in [6, 6.07) is 13.6. The van der Waals surface area contributed by atoms with Gasteiger partial charge in [-0.1, -0.05) is 23.8 Å². The topological polar surface area (TPSA) is 75.7 Å². The Kier molecular flexibility index (Phi) is 6.17. The second kappa shape index (κ2) is 8.13. The quantitative estimate of drug-likeness (QED) is 0.765. The number of amides is 1. The fourth-order valence-corrected chi connectivity index (χ4v) is 3.03. The van der Waals surface area contributed by atoms with Crippen LogP contribution in [-0.4, -0.2) is 45.9 Å². The number of carbonyl (C=O) groups excluding carboxylic acids is 1. The van der Waals surface area contributed by atoms with Gasteiger partial charge in [0.15, 0.2) is 0 Å². The van der Waals surface area contributed by atoms with Gasteiger partial charge in [0.1, 0.15) is 12.4 Å². The summed E-state index contributed by atoms with van der Waals surface area (Å²) in [6.07, 6.45) is 0. The fourth-order valence-electron chi connectivity index (χ4n) is 2.08. The van der Waals surface area contributed by atoms with E-state index in [0.29, 0.717) is 18.7 Å². The maximum absolute atomic E-state index is 12.2. The van der Waals surface area contributed by atoms with Crippen molar-refractivity contribution in [2.24, 2.45) is 0 Å².